The highest BCUT2D eigenvalue weighted by molar-refractivity contribution is 9.10. The average molecular weight is 277 g/mol. The summed E-state index contributed by atoms with van der Waals surface area (Å²) < 4.78 is 6.52. The zero-order chi connectivity index (χ0) is 10.1. The van der Waals surface area contributed by atoms with Gasteiger partial charge in [0.1, 0.15) is 5.75 Å². The number of rotatable bonds is 0. The Hall–Kier alpha value is -0.250. The van der Waals surface area contributed by atoms with Crippen LogP contribution in [0.4, 0.5) is 0 Å². The van der Waals surface area contributed by atoms with Gasteiger partial charge in [-0.1, -0.05) is 27.5 Å². The second-order valence-electron chi connectivity index (χ2n) is 3.40. The molecule has 0 radical (unpaired) electrons. The second-order valence-corrected chi connectivity index (χ2v) is 4.73. The van der Waals surface area contributed by atoms with E-state index in [-0.39, 0.29) is 6.04 Å². The molecule has 1 aliphatic heterocycles. The Kier molecular flexibility index (Phi) is 3.00. The number of hydrogen-bond acceptors (Lipinski definition) is 2. The van der Waals surface area contributed by atoms with E-state index in [2.05, 4.69) is 15.9 Å². The van der Waals surface area contributed by atoms with Gasteiger partial charge in [-0.3, -0.25) is 0 Å². The maximum absolute atomic E-state index is 6.07. The summed E-state index contributed by atoms with van der Waals surface area (Å²) in [6.07, 6.45) is 1.92. The van der Waals surface area contributed by atoms with E-state index in [4.69, 9.17) is 22.1 Å². The van der Waals surface area contributed by atoms with Crippen LogP contribution in [0.2, 0.25) is 5.02 Å². The SMILES string of the molecule is N[C@@H]1CCCOc2c(Cl)cc(Br)cc21. The third kappa shape index (κ3) is 1.90. The van der Waals surface area contributed by atoms with Crippen molar-refractivity contribution in [3.05, 3.63) is 27.2 Å². The first-order valence-corrected chi connectivity index (χ1v) is 5.73. The molecular formula is C10H11BrClNO. The minimum absolute atomic E-state index is 0.0301. The zero-order valence-electron chi connectivity index (χ0n) is 7.59. The second kappa shape index (κ2) is 4.09. The number of ether oxygens (including phenoxy) is 1. The van der Waals surface area contributed by atoms with E-state index in [9.17, 15) is 0 Å². The van der Waals surface area contributed by atoms with Crippen LogP contribution in [-0.4, -0.2) is 6.61 Å². The van der Waals surface area contributed by atoms with E-state index in [0.717, 1.165) is 28.6 Å². The van der Waals surface area contributed by atoms with Crippen molar-refractivity contribution >= 4 is 27.5 Å². The molecule has 1 heterocycles. The van der Waals surface area contributed by atoms with Crippen molar-refractivity contribution in [2.75, 3.05) is 6.61 Å². The molecule has 1 aromatic carbocycles. The van der Waals surface area contributed by atoms with Gasteiger partial charge in [0.2, 0.25) is 0 Å². The molecule has 1 atom stereocenters. The molecule has 1 aliphatic rings. The molecule has 0 unspecified atom stereocenters. The van der Waals surface area contributed by atoms with Crippen LogP contribution in [-0.2, 0) is 0 Å². The molecule has 0 saturated heterocycles. The first-order valence-electron chi connectivity index (χ1n) is 4.56. The molecule has 4 heteroatoms. The number of hydrogen-bond donors (Lipinski definition) is 1. The first-order chi connectivity index (χ1) is 6.68. The molecule has 0 amide bonds. The fourth-order valence-corrected chi connectivity index (χ4v) is 2.53. The molecule has 0 saturated carbocycles. The van der Waals surface area contributed by atoms with Crippen LogP contribution < -0.4 is 10.5 Å². The summed E-state index contributed by atoms with van der Waals surface area (Å²) in [5.74, 6) is 0.750. The van der Waals surface area contributed by atoms with Crippen LogP contribution in [0.25, 0.3) is 0 Å². The summed E-state index contributed by atoms with van der Waals surface area (Å²) in [4.78, 5) is 0. The van der Waals surface area contributed by atoms with Gasteiger partial charge in [-0.25, -0.2) is 0 Å². The molecule has 0 bridgehead atoms. The van der Waals surface area contributed by atoms with Gasteiger partial charge < -0.3 is 10.5 Å². The lowest BCUT2D eigenvalue weighted by Crippen LogP contribution is -2.09. The molecular weight excluding hydrogens is 265 g/mol. The fourth-order valence-electron chi connectivity index (χ4n) is 1.64. The summed E-state index contributed by atoms with van der Waals surface area (Å²) in [7, 11) is 0. The van der Waals surface area contributed by atoms with Gasteiger partial charge in [-0.15, -0.1) is 0 Å². The predicted molar refractivity (Wildman–Crippen MR) is 60.8 cm³/mol. The van der Waals surface area contributed by atoms with Crippen LogP contribution in [0, 0.1) is 0 Å². The van der Waals surface area contributed by atoms with Gasteiger partial charge in [-0.2, -0.15) is 0 Å². The lowest BCUT2D eigenvalue weighted by Gasteiger charge is -2.13. The smallest absolute Gasteiger partial charge is 0.142 e. The van der Waals surface area contributed by atoms with Crippen LogP contribution in [0.15, 0.2) is 16.6 Å². The molecule has 76 valence electrons. The molecule has 2 rings (SSSR count). The largest absolute Gasteiger partial charge is 0.492 e. The Morgan fingerprint density at radius 2 is 2.29 bits per heavy atom. The third-order valence-corrected chi connectivity index (χ3v) is 3.08. The normalized spacial score (nSPS) is 20.9. The first kappa shape index (κ1) is 10.3. The molecule has 0 spiro atoms. The minimum Gasteiger partial charge on any atom is -0.492 e. The molecule has 2 nitrogen and oxygen atoms in total. The Balaban J connectivity index is 2.53. The quantitative estimate of drug-likeness (QED) is 0.789. The Morgan fingerprint density at radius 3 is 3.07 bits per heavy atom. The molecule has 0 fully saturated rings. The summed E-state index contributed by atoms with van der Waals surface area (Å²) in [5.41, 5.74) is 7.03. The van der Waals surface area contributed by atoms with Crippen molar-refractivity contribution in [3.8, 4) is 5.75 Å². The Labute approximate surface area is 96.5 Å². The maximum atomic E-state index is 6.07. The standard InChI is InChI=1S/C10H11BrClNO/c11-6-4-7-9(13)2-1-3-14-10(7)8(12)5-6/h4-5,9H,1-3,13H2/t9-/m1/s1. The van der Waals surface area contributed by atoms with E-state index in [0.29, 0.717) is 11.6 Å². The zero-order valence-corrected chi connectivity index (χ0v) is 9.94. The third-order valence-electron chi connectivity index (χ3n) is 2.34. The van der Waals surface area contributed by atoms with Crippen molar-refractivity contribution < 1.29 is 4.74 Å². The van der Waals surface area contributed by atoms with Gasteiger partial charge in [0, 0.05) is 16.1 Å². The minimum atomic E-state index is 0.0301. The van der Waals surface area contributed by atoms with Crippen molar-refractivity contribution in [1.82, 2.24) is 0 Å². The van der Waals surface area contributed by atoms with Gasteiger partial charge >= 0.3 is 0 Å². The summed E-state index contributed by atoms with van der Waals surface area (Å²) in [6, 6.07) is 3.85. The van der Waals surface area contributed by atoms with E-state index >= 15 is 0 Å². The van der Waals surface area contributed by atoms with Crippen molar-refractivity contribution in [2.24, 2.45) is 5.73 Å². The summed E-state index contributed by atoms with van der Waals surface area (Å²) in [5, 5.41) is 0.631. The average Bonchev–Trinajstić information content (AvgIpc) is 2.29. The molecule has 2 N–H and O–H groups in total. The van der Waals surface area contributed by atoms with E-state index in [1.807, 2.05) is 12.1 Å². The fraction of sp³-hybridized carbons (Fsp3) is 0.400. The summed E-state index contributed by atoms with van der Waals surface area (Å²) in [6.45, 7) is 0.696. The van der Waals surface area contributed by atoms with Gasteiger partial charge in [0.05, 0.1) is 11.6 Å². The molecule has 0 aromatic heterocycles. The Bertz CT molecular complexity index is 356. The monoisotopic (exact) mass is 275 g/mol. The predicted octanol–water partition coefficient (Wildman–Crippen LogP) is 3.27. The van der Waals surface area contributed by atoms with E-state index < -0.39 is 0 Å². The lowest BCUT2D eigenvalue weighted by molar-refractivity contribution is 0.316. The number of benzene rings is 1. The maximum Gasteiger partial charge on any atom is 0.142 e. The highest BCUT2D eigenvalue weighted by atomic mass is 79.9. The topological polar surface area (TPSA) is 35.2 Å². The number of nitrogens with two attached hydrogens (primary N) is 1. The van der Waals surface area contributed by atoms with Crippen LogP contribution in [0.3, 0.4) is 0 Å². The number of fused-ring (bicyclic) bond motifs is 1. The summed E-state index contributed by atoms with van der Waals surface area (Å²) >= 11 is 9.47. The van der Waals surface area contributed by atoms with Crippen molar-refractivity contribution in [3.63, 3.8) is 0 Å². The molecule has 0 aliphatic carbocycles. The van der Waals surface area contributed by atoms with E-state index in [1.165, 1.54) is 0 Å². The van der Waals surface area contributed by atoms with Crippen LogP contribution in [0.1, 0.15) is 24.4 Å². The van der Waals surface area contributed by atoms with Crippen molar-refractivity contribution in [2.45, 2.75) is 18.9 Å². The highest BCUT2D eigenvalue weighted by Gasteiger charge is 2.19. The number of halogens is 2. The van der Waals surface area contributed by atoms with Crippen molar-refractivity contribution in [1.29, 1.82) is 0 Å². The Morgan fingerprint density at radius 1 is 1.50 bits per heavy atom. The van der Waals surface area contributed by atoms with Crippen LogP contribution in [0.5, 0.6) is 5.75 Å². The van der Waals surface area contributed by atoms with E-state index in [1.54, 1.807) is 0 Å². The lowest BCUT2D eigenvalue weighted by atomic mass is 10.0. The van der Waals surface area contributed by atoms with Gasteiger partial charge in [0.25, 0.3) is 0 Å². The van der Waals surface area contributed by atoms with Gasteiger partial charge in [0.15, 0.2) is 0 Å². The van der Waals surface area contributed by atoms with Gasteiger partial charge in [-0.05, 0) is 25.0 Å². The van der Waals surface area contributed by atoms with Crippen LogP contribution >= 0.6 is 27.5 Å². The molecule has 14 heavy (non-hydrogen) atoms. The molecule has 1 aromatic rings. The highest BCUT2D eigenvalue weighted by Crippen LogP contribution is 2.38.